The molecule has 1 aromatic carbocycles. The molecule has 1 atom stereocenters. The smallest absolute Gasteiger partial charge is 0.314 e. The summed E-state index contributed by atoms with van der Waals surface area (Å²) in [5, 5.41) is 2.99. The van der Waals surface area contributed by atoms with Crippen molar-refractivity contribution >= 4 is 40.7 Å². The monoisotopic (exact) mass is 412 g/mol. The van der Waals surface area contributed by atoms with Crippen molar-refractivity contribution in [1.29, 1.82) is 0 Å². The van der Waals surface area contributed by atoms with Gasteiger partial charge in [0.15, 0.2) is 0 Å². The minimum Gasteiger partial charge on any atom is -0.314 e. The summed E-state index contributed by atoms with van der Waals surface area (Å²) < 4.78 is 54.0. The van der Waals surface area contributed by atoms with Crippen molar-refractivity contribution < 1.29 is 17.6 Å². The first kappa shape index (κ1) is 20.9. The molecule has 1 aliphatic heterocycles. The fourth-order valence-corrected chi connectivity index (χ4v) is 2.62. The van der Waals surface area contributed by atoms with Gasteiger partial charge in [-0.3, -0.25) is 4.90 Å². The first-order chi connectivity index (χ1) is 8.89. The van der Waals surface area contributed by atoms with E-state index in [1.165, 1.54) is 17.0 Å². The van der Waals surface area contributed by atoms with E-state index in [9.17, 15) is 17.6 Å². The Morgan fingerprint density at radius 1 is 1.14 bits per heavy atom. The van der Waals surface area contributed by atoms with Gasteiger partial charge in [-0.25, -0.2) is 4.39 Å². The van der Waals surface area contributed by atoms with E-state index in [0.29, 0.717) is 17.6 Å². The van der Waals surface area contributed by atoms with Crippen LogP contribution in [0.25, 0.3) is 0 Å². The molecule has 2 nitrogen and oxygen atoms in total. The van der Waals surface area contributed by atoms with Crippen molar-refractivity contribution in [2.24, 2.45) is 0 Å². The van der Waals surface area contributed by atoms with Crippen LogP contribution in [0.2, 0.25) is 0 Å². The van der Waals surface area contributed by atoms with Gasteiger partial charge in [-0.15, -0.1) is 24.8 Å². The third-order valence-corrected chi connectivity index (χ3v) is 3.57. The second-order valence-electron chi connectivity index (χ2n) is 4.40. The van der Waals surface area contributed by atoms with Crippen LogP contribution in [-0.4, -0.2) is 37.3 Å². The van der Waals surface area contributed by atoms with Gasteiger partial charge < -0.3 is 5.32 Å². The number of rotatable bonds is 2. The van der Waals surface area contributed by atoms with Gasteiger partial charge in [-0.2, -0.15) is 13.2 Å². The van der Waals surface area contributed by atoms with Crippen molar-refractivity contribution in [3.05, 3.63) is 34.1 Å². The van der Waals surface area contributed by atoms with Crippen LogP contribution < -0.4 is 5.32 Å². The first-order valence-electron chi connectivity index (χ1n) is 5.86. The van der Waals surface area contributed by atoms with Crippen LogP contribution in [0.15, 0.2) is 22.7 Å². The predicted octanol–water partition coefficient (Wildman–Crippen LogP) is 3.94. The number of halogens is 7. The molecule has 0 spiro atoms. The largest absolute Gasteiger partial charge is 0.408 e. The molecular weight excluding hydrogens is 399 g/mol. The zero-order chi connectivity index (χ0) is 14.0. The number of hydrogen-bond acceptors (Lipinski definition) is 2. The number of benzene rings is 1. The molecule has 1 heterocycles. The van der Waals surface area contributed by atoms with E-state index >= 15 is 0 Å². The Hall–Kier alpha value is -0.0800. The zero-order valence-corrected chi connectivity index (χ0v) is 14.0. The minimum atomic E-state index is -4.50. The molecule has 0 saturated carbocycles. The molecule has 0 unspecified atom stereocenters. The average molecular weight is 414 g/mol. The van der Waals surface area contributed by atoms with Gasteiger partial charge in [0.2, 0.25) is 0 Å². The van der Waals surface area contributed by atoms with Gasteiger partial charge in [0.05, 0.1) is 0 Å². The van der Waals surface area contributed by atoms with Gasteiger partial charge >= 0.3 is 6.18 Å². The van der Waals surface area contributed by atoms with Crippen molar-refractivity contribution in [2.45, 2.75) is 12.2 Å². The lowest BCUT2D eigenvalue weighted by atomic mass is 10.0. The third-order valence-electron chi connectivity index (χ3n) is 3.08. The molecule has 1 aliphatic rings. The predicted molar refractivity (Wildman–Crippen MR) is 81.8 cm³/mol. The molecule has 122 valence electrons. The van der Waals surface area contributed by atoms with E-state index in [0.717, 1.165) is 6.07 Å². The van der Waals surface area contributed by atoms with Gasteiger partial charge in [-0.05, 0) is 18.2 Å². The highest BCUT2D eigenvalue weighted by atomic mass is 79.9. The normalized spacial score (nSPS) is 17.6. The van der Waals surface area contributed by atoms with Crippen molar-refractivity contribution in [1.82, 2.24) is 10.2 Å². The molecule has 0 radical (unpaired) electrons. The topological polar surface area (TPSA) is 15.3 Å². The average Bonchev–Trinajstić information content (AvgIpc) is 2.33. The van der Waals surface area contributed by atoms with Crippen LogP contribution in [-0.2, 0) is 0 Å². The van der Waals surface area contributed by atoms with E-state index in [-0.39, 0.29) is 43.5 Å². The van der Waals surface area contributed by atoms with Gasteiger partial charge in [0.25, 0.3) is 0 Å². The van der Waals surface area contributed by atoms with E-state index in [1.807, 2.05) is 0 Å². The molecule has 0 amide bonds. The Bertz CT molecular complexity index is 453. The Kier molecular flexibility index (Phi) is 8.49. The maximum atomic E-state index is 13.7. The molecule has 9 heteroatoms. The summed E-state index contributed by atoms with van der Waals surface area (Å²) in [7, 11) is 0. The highest BCUT2D eigenvalue weighted by Gasteiger charge is 2.46. The molecule has 1 aromatic rings. The number of nitrogens with one attached hydrogen (secondary N) is 1. The number of alkyl halides is 3. The Balaban J connectivity index is 0.00000200. The van der Waals surface area contributed by atoms with E-state index in [1.54, 1.807) is 0 Å². The maximum Gasteiger partial charge on any atom is 0.408 e. The second kappa shape index (κ2) is 8.53. The van der Waals surface area contributed by atoms with Crippen molar-refractivity contribution in [3.63, 3.8) is 0 Å². The van der Waals surface area contributed by atoms with E-state index < -0.39 is 18.0 Å². The van der Waals surface area contributed by atoms with Crippen molar-refractivity contribution in [2.75, 3.05) is 26.2 Å². The maximum absolute atomic E-state index is 13.7. The summed E-state index contributed by atoms with van der Waals surface area (Å²) >= 11 is 3.09. The van der Waals surface area contributed by atoms with Gasteiger partial charge in [0.1, 0.15) is 11.9 Å². The van der Waals surface area contributed by atoms with E-state index in [2.05, 4.69) is 21.2 Å². The summed E-state index contributed by atoms with van der Waals surface area (Å²) in [5.41, 5.74) is -0.330. The molecule has 2 rings (SSSR count). The third kappa shape index (κ3) is 5.25. The second-order valence-corrected chi connectivity index (χ2v) is 5.31. The summed E-state index contributed by atoms with van der Waals surface area (Å²) in [5.74, 6) is -0.830. The van der Waals surface area contributed by atoms with Crippen LogP contribution in [0.1, 0.15) is 11.6 Å². The van der Waals surface area contributed by atoms with Gasteiger partial charge in [-0.1, -0.05) is 15.9 Å². The zero-order valence-electron chi connectivity index (χ0n) is 10.8. The molecule has 0 aromatic heterocycles. The van der Waals surface area contributed by atoms with Crippen LogP contribution in [0.3, 0.4) is 0 Å². The van der Waals surface area contributed by atoms with Crippen LogP contribution >= 0.6 is 40.7 Å². The highest BCUT2D eigenvalue weighted by molar-refractivity contribution is 9.10. The SMILES string of the molecule is Cl.Cl.Fc1ccc(Br)cc1[C@H](N1CCNCC1)C(F)(F)F. The first-order valence-corrected chi connectivity index (χ1v) is 6.65. The molecule has 1 N–H and O–H groups in total. The number of hydrogen-bond donors (Lipinski definition) is 1. The summed E-state index contributed by atoms with van der Waals surface area (Å²) in [6.07, 6.45) is -4.50. The lowest BCUT2D eigenvalue weighted by molar-refractivity contribution is -0.188. The Labute approximate surface area is 141 Å². The fourth-order valence-electron chi connectivity index (χ4n) is 2.24. The molecule has 0 bridgehead atoms. The molecular formula is C12H15BrCl2F4N2. The molecule has 0 aliphatic carbocycles. The van der Waals surface area contributed by atoms with E-state index in [4.69, 9.17) is 0 Å². The lowest BCUT2D eigenvalue weighted by Gasteiger charge is -2.36. The Morgan fingerprint density at radius 2 is 1.71 bits per heavy atom. The van der Waals surface area contributed by atoms with Gasteiger partial charge in [0, 0.05) is 36.2 Å². The summed E-state index contributed by atoms with van der Waals surface area (Å²) in [6, 6.07) is 1.76. The minimum absolute atomic E-state index is 0. The lowest BCUT2D eigenvalue weighted by Crippen LogP contribution is -2.49. The fraction of sp³-hybridized carbons (Fsp3) is 0.500. The number of nitrogens with zero attached hydrogens (tertiary/aromatic N) is 1. The summed E-state index contributed by atoms with van der Waals surface area (Å²) in [4.78, 5) is 1.27. The molecule has 1 fully saturated rings. The summed E-state index contributed by atoms with van der Waals surface area (Å²) in [6.45, 7) is 1.44. The van der Waals surface area contributed by atoms with Crippen LogP contribution in [0, 0.1) is 5.82 Å². The highest BCUT2D eigenvalue weighted by Crippen LogP contribution is 2.39. The molecule has 21 heavy (non-hydrogen) atoms. The van der Waals surface area contributed by atoms with Crippen molar-refractivity contribution in [3.8, 4) is 0 Å². The van der Waals surface area contributed by atoms with Crippen LogP contribution in [0.5, 0.6) is 0 Å². The molecule has 1 saturated heterocycles. The Morgan fingerprint density at radius 3 is 2.24 bits per heavy atom. The van der Waals surface area contributed by atoms with Crippen LogP contribution in [0.4, 0.5) is 17.6 Å². The quantitative estimate of drug-likeness (QED) is 0.738. The standard InChI is InChI=1S/C12H13BrF4N2.2ClH/c13-8-1-2-10(14)9(7-8)11(12(15,16)17)19-5-3-18-4-6-19;;/h1-2,7,11,18H,3-6H2;2*1H/t11-;;/m0../s1. The number of piperazine rings is 1.